The van der Waals surface area contributed by atoms with Gasteiger partial charge in [-0.25, -0.2) is 8.78 Å². The van der Waals surface area contributed by atoms with Gasteiger partial charge in [0.1, 0.15) is 11.6 Å². The Morgan fingerprint density at radius 2 is 1.45 bits per heavy atom. The first kappa shape index (κ1) is 34.5. The van der Waals surface area contributed by atoms with Crippen molar-refractivity contribution < 1.29 is 44.6 Å². The monoisotopic (exact) mass is 664 g/mol. The van der Waals surface area contributed by atoms with Gasteiger partial charge >= 0.3 is 12.2 Å². The molecule has 1 fully saturated rings. The number of allylic oxidation sites excluding steroid dienone is 2. The predicted octanol–water partition coefficient (Wildman–Crippen LogP) is 12.3. The molecule has 0 radical (unpaired) electrons. The lowest BCUT2D eigenvalue weighted by atomic mass is 9.70. The molecule has 0 bridgehead atoms. The van der Waals surface area contributed by atoms with Crippen LogP contribution in [0.1, 0.15) is 75.8 Å². The molecule has 10 heteroatoms. The Bertz CT molecular complexity index is 1590. The van der Waals surface area contributed by atoms with E-state index in [1.165, 1.54) is 56.6 Å². The molecule has 0 amide bonds. The largest absolute Gasteiger partial charge is 0.429 e. The number of hydrogen-bond donors (Lipinski definition) is 0. The fourth-order valence-electron chi connectivity index (χ4n) is 6.84. The minimum absolute atomic E-state index is 0.295. The second-order valence-electron chi connectivity index (χ2n) is 12.4. The Balaban J connectivity index is 1.21. The zero-order valence-electron chi connectivity index (χ0n) is 25.9. The molecule has 252 valence electrons. The van der Waals surface area contributed by atoms with Crippen molar-refractivity contribution in [1.29, 1.82) is 0 Å². The van der Waals surface area contributed by atoms with Crippen molar-refractivity contribution >= 4 is 5.57 Å². The quantitative estimate of drug-likeness (QED) is 0.190. The van der Waals surface area contributed by atoms with Crippen molar-refractivity contribution in [3.8, 4) is 22.6 Å². The molecular formula is C37H36F8O2. The van der Waals surface area contributed by atoms with Gasteiger partial charge < -0.3 is 9.47 Å². The van der Waals surface area contributed by atoms with Crippen LogP contribution in [0.4, 0.5) is 35.1 Å². The highest BCUT2D eigenvalue weighted by atomic mass is 19.3. The molecule has 3 aromatic carbocycles. The van der Waals surface area contributed by atoms with Crippen LogP contribution in [-0.4, -0.2) is 6.11 Å². The number of ether oxygens (including phenoxy) is 2. The minimum atomic E-state index is -4.55. The molecule has 0 heterocycles. The lowest BCUT2D eigenvalue weighted by molar-refractivity contribution is -0.187. The summed E-state index contributed by atoms with van der Waals surface area (Å²) in [4.78, 5) is 0. The molecule has 2 aliphatic carbocycles. The Hall–Kier alpha value is -3.82. The van der Waals surface area contributed by atoms with E-state index in [0.29, 0.717) is 29.3 Å². The first-order valence-corrected chi connectivity index (χ1v) is 15.9. The maximum Gasteiger partial charge on any atom is 0.429 e. The van der Waals surface area contributed by atoms with Gasteiger partial charge in [-0.05, 0) is 96.4 Å². The van der Waals surface area contributed by atoms with Crippen molar-refractivity contribution in [2.24, 2.45) is 17.8 Å². The molecule has 3 aromatic rings. The van der Waals surface area contributed by atoms with Gasteiger partial charge in [0, 0.05) is 6.07 Å². The second kappa shape index (κ2) is 14.5. The molecule has 0 saturated heterocycles. The molecule has 1 unspecified atom stereocenters. The third-order valence-corrected chi connectivity index (χ3v) is 9.25. The summed E-state index contributed by atoms with van der Waals surface area (Å²) in [6, 6.07) is 12.1. The summed E-state index contributed by atoms with van der Waals surface area (Å²) in [6.07, 6.45) is 1.11. The fraction of sp³-hybridized carbons (Fsp3) is 0.405. The Labute approximate surface area is 269 Å². The summed E-state index contributed by atoms with van der Waals surface area (Å²) in [5.74, 6) is -2.45. The van der Waals surface area contributed by atoms with Crippen molar-refractivity contribution in [1.82, 2.24) is 0 Å². The first-order chi connectivity index (χ1) is 22.3. The van der Waals surface area contributed by atoms with E-state index in [2.05, 4.69) is 22.5 Å². The fourth-order valence-corrected chi connectivity index (χ4v) is 6.84. The standard InChI is InChI=1S/C37H36F8O2/c1-2-3-23-4-6-24(7-5-23)25-8-10-26(11-9-25)27-12-14-28(15-13-27)29-16-18-31(32(38)20-29)37(44,45)46-30-17-19-34(33(39)21-30)47-36(42,43)22-35(40)41/h10,12-25H,2-9,11H2,1H3. The van der Waals surface area contributed by atoms with Gasteiger partial charge in [0.15, 0.2) is 11.6 Å². The molecule has 0 N–H and O–H groups in total. The number of rotatable bonds is 11. The van der Waals surface area contributed by atoms with Gasteiger partial charge in [0.2, 0.25) is 0 Å². The average Bonchev–Trinajstić information content (AvgIpc) is 3.02. The van der Waals surface area contributed by atoms with Crippen LogP contribution in [-0.2, 0) is 6.11 Å². The van der Waals surface area contributed by atoms with E-state index in [1.54, 1.807) is 0 Å². The maximum atomic E-state index is 15.0. The van der Waals surface area contributed by atoms with Crippen LogP contribution in [0.3, 0.4) is 0 Å². The number of benzene rings is 3. The zero-order valence-corrected chi connectivity index (χ0v) is 25.9. The van der Waals surface area contributed by atoms with Crippen LogP contribution in [0, 0.1) is 29.4 Å². The molecule has 47 heavy (non-hydrogen) atoms. The van der Waals surface area contributed by atoms with Gasteiger partial charge in [-0.15, -0.1) is 0 Å². The van der Waals surface area contributed by atoms with Gasteiger partial charge in [0.25, 0.3) is 6.08 Å². The highest BCUT2D eigenvalue weighted by Gasteiger charge is 2.38. The van der Waals surface area contributed by atoms with E-state index in [-0.39, 0.29) is 0 Å². The predicted molar refractivity (Wildman–Crippen MR) is 164 cm³/mol. The van der Waals surface area contributed by atoms with Crippen LogP contribution in [0.25, 0.3) is 16.7 Å². The molecule has 0 aliphatic heterocycles. The topological polar surface area (TPSA) is 18.5 Å². The lowest BCUT2D eigenvalue weighted by Crippen LogP contribution is -2.24. The maximum absolute atomic E-state index is 15.0. The Morgan fingerprint density at radius 1 is 0.766 bits per heavy atom. The van der Waals surface area contributed by atoms with Crippen LogP contribution < -0.4 is 9.47 Å². The summed E-state index contributed by atoms with van der Waals surface area (Å²) < 4.78 is 118. The molecular weight excluding hydrogens is 628 g/mol. The summed E-state index contributed by atoms with van der Waals surface area (Å²) in [5, 5.41) is 0. The summed E-state index contributed by atoms with van der Waals surface area (Å²) in [5.41, 5.74) is 2.21. The first-order valence-electron chi connectivity index (χ1n) is 15.9. The van der Waals surface area contributed by atoms with E-state index in [9.17, 15) is 35.1 Å². The summed E-state index contributed by atoms with van der Waals surface area (Å²) in [6.45, 7) is 2.26. The highest BCUT2D eigenvalue weighted by Crippen LogP contribution is 2.42. The third-order valence-electron chi connectivity index (χ3n) is 9.25. The normalized spacial score (nSPS) is 20.4. The highest BCUT2D eigenvalue weighted by molar-refractivity contribution is 5.71. The van der Waals surface area contributed by atoms with Gasteiger partial charge in [-0.2, -0.15) is 26.3 Å². The summed E-state index contributed by atoms with van der Waals surface area (Å²) >= 11 is 0. The van der Waals surface area contributed by atoms with Crippen molar-refractivity contribution in [3.05, 3.63) is 102 Å². The molecule has 0 spiro atoms. The molecule has 5 rings (SSSR count). The van der Waals surface area contributed by atoms with Crippen LogP contribution in [0.5, 0.6) is 11.5 Å². The van der Waals surface area contributed by atoms with E-state index >= 15 is 0 Å². The van der Waals surface area contributed by atoms with Crippen LogP contribution >= 0.6 is 0 Å². The van der Waals surface area contributed by atoms with E-state index in [1.807, 2.05) is 24.3 Å². The molecule has 2 nitrogen and oxygen atoms in total. The van der Waals surface area contributed by atoms with Crippen molar-refractivity contribution in [3.63, 3.8) is 0 Å². The summed E-state index contributed by atoms with van der Waals surface area (Å²) in [7, 11) is 0. The third kappa shape index (κ3) is 8.76. The van der Waals surface area contributed by atoms with E-state index < -0.39 is 53.1 Å². The molecule has 1 saturated carbocycles. The second-order valence-corrected chi connectivity index (χ2v) is 12.4. The molecule has 2 aliphatic rings. The molecule has 0 aromatic heterocycles. The lowest BCUT2D eigenvalue weighted by Gasteiger charge is -2.35. The van der Waals surface area contributed by atoms with Crippen molar-refractivity contribution in [2.75, 3.05) is 0 Å². The SMILES string of the molecule is CCCC1CCC(C2CC=C(c3ccc(-c4ccc(C(F)(F)Oc5ccc(OC(F)(F)C=C(F)F)c(F)c5)c(F)c4)cc3)CC2)CC1. The Morgan fingerprint density at radius 3 is 2.04 bits per heavy atom. The number of halogens is 8. The van der Waals surface area contributed by atoms with Gasteiger partial charge in [0.05, 0.1) is 11.6 Å². The smallest absolute Gasteiger partial charge is 0.429 e. The van der Waals surface area contributed by atoms with Gasteiger partial charge in [-0.1, -0.05) is 69.0 Å². The van der Waals surface area contributed by atoms with Crippen LogP contribution in [0.15, 0.2) is 78.9 Å². The number of hydrogen-bond acceptors (Lipinski definition) is 2. The average molecular weight is 665 g/mol. The number of alkyl halides is 4. The van der Waals surface area contributed by atoms with E-state index in [4.69, 9.17) is 0 Å². The van der Waals surface area contributed by atoms with Crippen molar-refractivity contribution in [2.45, 2.75) is 76.9 Å². The van der Waals surface area contributed by atoms with Crippen LogP contribution in [0.2, 0.25) is 0 Å². The van der Waals surface area contributed by atoms with Gasteiger partial charge in [-0.3, -0.25) is 0 Å². The molecule has 1 atom stereocenters. The minimum Gasteiger partial charge on any atom is -0.429 e. The zero-order chi connectivity index (χ0) is 33.8. The van der Waals surface area contributed by atoms with E-state index in [0.717, 1.165) is 48.3 Å². The Kier molecular flexibility index (Phi) is 10.7.